The number of allylic oxidation sites excluding steroid dienone is 4. The lowest BCUT2D eigenvalue weighted by molar-refractivity contribution is 1.52. The third-order valence-electron chi connectivity index (χ3n) is 2.71. The van der Waals surface area contributed by atoms with Gasteiger partial charge in [-0.3, -0.25) is 0 Å². The van der Waals surface area contributed by atoms with Crippen LogP contribution in [-0.4, -0.2) is 0 Å². The first kappa shape index (κ1) is 14.2. The summed E-state index contributed by atoms with van der Waals surface area (Å²) in [5.74, 6) is 0. The van der Waals surface area contributed by atoms with Gasteiger partial charge in [-0.05, 0) is 49.9 Å². The van der Waals surface area contributed by atoms with Crippen molar-refractivity contribution in [1.29, 1.82) is 0 Å². The molecule has 0 fully saturated rings. The molecule has 0 saturated carbocycles. The van der Waals surface area contributed by atoms with Gasteiger partial charge in [0.25, 0.3) is 0 Å². The quantitative estimate of drug-likeness (QED) is 0.620. The fraction of sp³-hybridized carbons (Fsp3) is 0.222. The van der Waals surface area contributed by atoms with Crippen molar-refractivity contribution in [3.63, 3.8) is 0 Å². The first-order chi connectivity index (χ1) is 8.78. The zero-order valence-corrected chi connectivity index (χ0v) is 11.8. The highest BCUT2D eigenvalue weighted by Gasteiger charge is 2.05. The maximum absolute atomic E-state index is 2.18. The van der Waals surface area contributed by atoms with Gasteiger partial charge in [-0.1, -0.05) is 60.7 Å². The molecule has 0 heterocycles. The van der Waals surface area contributed by atoms with Gasteiger partial charge in [0.1, 0.15) is 0 Å². The van der Waals surface area contributed by atoms with E-state index in [1.165, 1.54) is 22.3 Å². The van der Waals surface area contributed by atoms with Crippen molar-refractivity contribution in [2.24, 2.45) is 0 Å². The Labute approximate surface area is 111 Å². The maximum Gasteiger partial charge on any atom is -0.0109 e. The number of hydrogen-bond acceptors (Lipinski definition) is 0. The summed E-state index contributed by atoms with van der Waals surface area (Å²) in [6, 6.07) is 4.36. The van der Waals surface area contributed by atoms with Crippen LogP contribution in [-0.2, 0) is 0 Å². The maximum atomic E-state index is 2.18. The molecule has 18 heavy (non-hydrogen) atoms. The Morgan fingerprint density at radius 3 is 1.17 bits per heavy atom. The van der Waals surface area contributed by atoms with Crippen molar-refractivity contribution < 1.29 is 0 Å². The second-order valence-corrected chi connectivity index (χ2v) is 4.07. The Balaban J connectivity index is 3.58. The van der Waals surface area contributed by atoms with E-state index in [-0.39, 0.29) is 0 Å². The van der Waals surface area contributed by atoms with Gasteiger partial charge in [-0.15, -0.1) is 0 Å². The normalized spacial score (nSPS) is 12.7. The molecule has 0 aliphatic rings. The lowest BCUT2D eigenvalue weighted by atomic mass is 9.94. The Bertz CT molecular complexity index is 450. The minimum absolute atomic E-state index is 1.26. The zero-order chi connectivity index (χ0) is 13.4. The standard InChI is InChI=1S/C18H22/c1-5-9-15-13-14-16(10-6-2)18(12-8-4)17(15)11-7-3/h5-14H,1-4H3. The molecule has 0 saturated heterocycles. The zero-order valence-electron chi connectivity index (χ0n) is 11.8. The molecule has 0 atom stereocenters. The van der Waals surface area contributed by atoms with Crippen LogP contribution in [0.2, 0.25) is 0 Å². The van der Waals surface area contributed by atoms with Crippen LogP contribution in [0.25, 0.3) is 24.3 Å². The van der Waals surface area contributed by atoms with Crippen molar-refractivity contribution in [2.45, 2.75) is 27.7 Å². The van der Waals surface area contributed by atoms with Crippen LogP contribution in [0.15, 0.2) is 36.4 Å². The predicted molar refractivity (Wildman–Crippen MR) is 85.3 cm³/mol. The van der Waals surface area contributed by atoms with Crippen LogP contribution in [0.4, 0.5) is 0 Å². The molecule has 0 amide bonds. The third-order valence-corrected chi connectivity index (χ3v) is 2.71. The molecule has 94 valence electrons. The highest BCUT2D eigenvalue weighted by molar-refractivity contribution is 5.79. The molecule has 0 aliphatic carbocycles. The van der Waals surface area contributed by atoms with Crippen molar-refractivity contribution in [3.8, 4) is 0 Å². The Hall–Kier alpha value is -1.82. The van der Waals surface area contributed by atoms with Gasteiger partial charge in [-0.25, -0.2) is 0 Å². The molecular formula is C18H22. The first-order valence-electron chi connectivity index (χ1n) is 6.46. The Morgan fingerprint density at radius 1 is 0.556 bits per heavy atom. The van der Waals surface area contributed by atoms with Crippen molar-refractivity contribution in [2.75, 3.05) is 0 Å². The molecule has 0 bridgehead atoms. The summed E-state index contributed by atoms with van der Waals surface area (Å²) in [5.41, 5.74) is 5.09. The number of benzene rings is 1. The van der Waals surface area contributed by atoms with Gasteiger partial charge < -0.3 is 0 Å². The second kappa shape index (κ2) is 7.50. The van der Waals surface area contributed by atoms with E-state index in [1.54, 1.807) is 0 Å². The smallest absolute Gasteiger partial charge is 0.0109 e. The molecule has 0 nitrogen and oxygen atoms in total. The number of hydrogen-bond donors (Lipinski definition) is 0. The fourth-order valence-corrected chi connectivity index (χ4v) is 2.03. The highest BCUT2D eigenvalue weighted by atomic mass is 14.1. The average molecular weight is 238 g/mol. The summed E-state index contributed by atoms with van der Waals surface area (Å²) in [4.78, 5) is 0. The van der Waals surface area contributed by atoms with Gasteiger partial charge in [0.05, 0.1) is 0 Å². The lowest BCUT2D eigenvalue weighted by Gasteiger charge is -2.10. The van der Waals surface area contributed by atoms with Gasteiger partial charge in [-0.2, -0.15) is 0 Å². The van der Waals surface area contributed by atoms with E-state index < -0.39 is 0 Å². The van der Waals surface area contributed by atoms with E-state index in [4.69, 9.17) is 0 Å². The average Bonchev–Trinajstić information content (AvgIpc) is 2.37. The van der Waals surface area contributed by atoms with Gasteiger partial charge in [0.15, 0.2) is 0 Å². The first-order valence-corrected chi connectivity index (χ1v) is 6.46. The van der Waals surface area contributed by atoms with Crippen LogP contribution in [0, 0.1) is 0 Å². The minimum atomic E-state index is 1.26. The van der Waals surface area contributed by atoms with E-state index in [0.29, 0.717) is 0 Å². The lowest BCUT2D eigenvalue weighted by Crippen LogP contribution is -1.91. The molecule has 0 spiro atoms. The van der Waals surface area contributed by atoms with Crippen molar-refractivity contribution in [1.82, 2.24) is 0 Å². The highest BCUT2D eigenvalue weighted by Crippen LogP contribution is 2.25. The summed E-state index contributed by atoms with van der Waals surface area (Å²) in [5, 5.41) is 0. The topological polar surface area (TPSA) is 0 Å². The van der Waals surface area contributed by atoms with Gasteiger partial charge in [0, 0.05) is 0 Å². The van der Waals surface area contributed by atoms with E-state index in [9.17, 15) is 0 Å². The molecule has 0 N–H and O–H groups in total. The van der Waals surface area contributed by atoms with Crippen LogP contribution in [0.5, 0.6) is 0 Å². The molecule has 0 heteroatoms. The molecule has 0 unspecified atom stereocenters. The molecule has 1 rings (SSSR count). The summed E-state index contributed by atoms with van der Waals surface area (Å²) < 4.78 is 0. The molecule has 0 radical (unpaired) electrons. The Kier molecular flexibility index (Phi) is 5.93. The van der Waals surface area contributed by atoms with E-state index in [0.717, 1.165) is 0 Å². The SMILES string of the molecule is CC=Cc1ccc(C=CC)c(C=CC)c1C=CC. The minimum Gasteiger partial charge on any atom is -0.0870 e. The Morgan fingerprint density at radius 2 is 0.889 bits per heavy atom. The third kappa shape index (κ3) is 3.33. The molecule has 0 aromatic heterocycles. The summed E-state index contributed by atoms with van der Waals surface area (Å²) in [6.45, 7) is 8.21. The van der Waals surface area contributed by atoms with Gasteiger partial charge in [0.2, 0.25) is 0 Å². The predicted octanol–water partition coefficient (Wildman–Crippen LogP) is 5.82. The molecular weight excluding hydrogens is 216 g/mol. The van der Waals surface area contributed by atoms with Crippen molar-refractivity contribution >= 4 is 24.3 Å². The fourth-order valence-electron chi connectivity index (χ4n) is 2.03. The van der Waals surface area contributed by atoms with E-state index >= 15 is 0 Å². The molecule has 1 aromatic rings. The molecule has 1 aromatic carbocycles. The van der Waals surface area contributed by atoms with Gasteiger partial charge >= 0.3 is 0 Å². The largest absolute Gasteiger partial charge is 0.0870 e. The summed E-state index contributed by atoms with van der Waals surface area (Å²) >= 11 is 0. The second-order valence-electron chi connectivity index (χ2n) is 4.07. The number of rotatable bonds is 4. The summed E-state index contributed by atoms with van der Waals surface area (Å²) in [7, 11) is 0. The summed E-state index contributed by atoms with van der Waals surface area (Å²) in [6.07, 6.45) is 17.0. The van der Waals surface area contributed by atoms with Crippen LogP contribution >= 0.6 is 0 Å². The van der Waals surface area contributed by atoms with Crippen LogP contribution in [0.3, 0.4) is 0 Å². The van der Waals surface area contributed by atoms with Crippen molar-refractivity contribution in [3.05, 3.63) is 58.7 Å². The molecule has 0 aliphatic heterocycles. The van der Waals surface area contributed by atoms with Crippen LogP contribution in [0.1, 0.15) is 49.9 Å². The monoisotopic (exact) mass is 238 g/mol. The van der Waals surface area contributed by atoms with Crippen LogP contribution < -0.4 is 0 Å². The van der Waals surface area contributed by atoms with E-state index in [1.807, 2.05) is 0 Å². The van der Waals surface area contributed by atoms with E-state index in [2.05, 4.69) is 88.4 Å².